The first-order valence-electron chi connectivity index (χ1n) is 7.41. The number of ether oxygens (including phenoxy) is 1. The van der Waals surface area contributed by atoms with Crippen molar-refractivity contribution in [1.82, 2.24) is 10.2 Å². The average molecular weight is 359 g/mol. The van der Waals surface area contributed by atoms with E-state index in [-0.39, 0.29) is 36.0 Å². The normalized spacial score (nSPS) is 10.2. The largest absolute Gasteiger partial charge is 0.469 e. The summed E-state index contributed by atoms with van der Waals surface area (Å²) in [6.45, 7) is 2.05. The van der Waals surface area contributed by atoms with Crippen molar-refractivity contribution in [1.29, 1.82) is 0 Å². The monoisotopic (exact) mass is 358 g/mol. The molecule has 6 nitrogen and oxygen atoms in total. The number of nitrogens with one attached hydrogen (secondary N) is 1. The van der Waals surface area contributed by atoms with E-state index < -0.39 is 17.7 Å². The molecule has 1 rings (SSSR count). The Labute approximate surface area is 144 Å². The molecule has 132 valence electrons. The lowest BCUT2D eigenvalue weighted by Crippen LogP contribution is -2.36. The van der Waals surface area contributed by atoms with Gasteiger partial charge >= 0.3 is 5.97 Å². The molecule has 24 heavy (non-hydrogen) atoms. The minimum Gasteiger partial charge on any atom is -0.469 e. The van der Waals surface area contributed by atoms with Gasteiger partial charge in [0.15, 0.2) is 0 Å². The predicted molar refractivity (Wildman–Crippen MR) is 87.2 cm³/mol. The number of methoxy groups -OCH3 is 1. The van der Waals surface area contributed by atoms with Crippen LogP contribution in [0.15, 0.2) is 18.2 Å². The second kappa shape index (κ2) is 9.87. The first-order valence-corrected chi connectivity index (χ1v) is 7.79. The number of esters is 1. The van der Waals surface area contributed by atoms with E-state index >= 15 is 0 Å². The van der Waals surface area contributed by atoms with Crippen LogP contribution in [0.3, 0.4) is 0 Å². The highest BCUT2D eigenvalue weighted by Gasteiger charge is 2.22. The molecular formula is C16H20ClFN2O4. The fraction of sp³-hybridized carbons (Fsp3) is 0.438. The highest BCUT2D eigenvalue weighted by molar-refractivity contribution is 6.33. The molecule has 0 atom stereocenters. The maximum atomic E-state index is 13.9. The number of amides is 2. The van der Waals surface area contributed by atoms with E-state index in [0.29, 0.717) is 13.0 Å². The topological polar surface area (TPSA) is 75.7 Å². The first-order chi connectivity index (χ1) is 11.4. The first kappa shape index (κ1) is 19.9. The number of hydrogen-bond acceptors (Lipinski definition) is 4. The summed E-state index contributed by atoms with van der Waals surface area (Å²) in [5.74, 6) is -1.99. The van der Waals surface area contributed by atoms with Crippen molar-refractivity contribution in [3.05, 3.63) is 34.6 Å². The van der Waals surface area contributed by atoms with Gasteiger partial charge in [0.05, 0.1) is 24.1 Å². The molecule has 0 bridgehead atoms. The van der Waals surface area contributed by atoms with E-state index in [9.17, 15) is 18.8 Å². The van der Waals surface area contributed by atoms with Crippen LogP contribution in [0.25, 0.3) is 0 Å². The van der Waals surface area contributed by atoms with Gasteiger partial charge in [-0.1, -0.05) is 17.7 Å². The molecule has 0 unspecified atom stereocenters. The Kier molecular flexibility index (Phi) is 8.18. The van der Waals surface area contributed by atoms with Crippen LogP contribution >= 0.6 is 11.6 Å². The van der Waals surface area contributed by atoms with Gasteiger partial charge < -0.3 is 15.0 Å². The van der Waals surface area contributed by atoms with Crippen molar-refractivity contribution in [2.45, 2.75) is 19.8 Å². The fourth-order valence-electron chi connectivity index (χ4n) is 2.04. The molecule has 0 fully saturated rings. The Morgan fingerprint density at radius 2 is 2.00 bits per heavy atom. The Balaban J connectivity index is 2.83. The van der Waals surface area contributed by atoms with Crippen LogP contribution in [0.1, 0.15) is 30.1 Å². The Morgan fingerprint density at radius 3 is 2.58 bits per heavy atom. The third-order valence-electron chi connectivity index (χ3n) is 3.26. The lowest BCUT2D eigenvalue weighted by atomic mass is 10.1. The van der Waals surface area contributed by atoms with Crippen LogP contribution in [-0.2, 0) is 14.3 Å². The molecule has 0 spiro atoms. The SMILES string of the molecule is COC(=O)CCN(CCCNC(C)=O)C(=O)c1c(F)cccc1Cl. The van der Waals surface area contributed by atoms with Crippen LogP contribution < -0.4 is 5.32 Å². The molecule has 2 amide bonds. The molecule has 1 N–H and O–H groups in total. The van der Waals surface area contributed by atoms with E-state index in [2.05, 4.69) is 10.1 Å². The van der Waals surface area contributed by atoms with E-state index in [1.165, 1.54) is 31.1 Å². The maximum Gasteiger partial charge on any atom is 0.307 e. The number of carbonyl (C=O) groups is 3. The highest BCUT2D eigenvalue weighted by atomic mass is 35.5. The van der Waals surface area contributed by atoms with Crippen LogP contribution in [-0.4, -0.2) is 49.4 Å². The lowest BCUT2D eigenvalue weighted by Gasteiger charge is -2.23. The van der Waals surface area contributed by atoms with Crippen molar-refractivity contribution >= 4 is 29.4 Å². The Hall–Kier alpha value is -2.15. The average Bonchev–Trinajstić information content (AvgIpc) is 2.53. The minimum atomic E-state index is -0.725. The summed E-state index contributed by atoms with van der Waals surface area (Å²) < 4.78 is 18.5. The highest BCUT2D eigenvalue weighted by Crippen LogP contribution is 2.21. The summed E-state index contributed by atoms with van der Waals surface area (Å²) in [5.41, 5.74) is -0.233. The van der Waals surface area contributed by atoms with Crippen molar-refractivity contribution in [2.75, 3.05) is 26.7 Å². The van der Waals surface area contributed by atoms with E-state index in [1.807, 2.05) is 0 Å². The Morgan fingerprint density at radius 1 is 1.29 bits per heavy atom. The van der Waals surface area contributed by atoms with Crippen molar-refractivity contribution in [2.24, 2.45) is 0 Å². The predicted octanol–water partition coefficient (Wildman–Crippen LogP) is 2.01. The number of halogens is 2. The van der Waals surface area contributed by atoms with Crippen LogP contribution in [0.4, 0.5) is 4.39 Å². The lowest BCUT2D eigenvalue weighted by molar-refractivity contribution is -0.140. The zero-order chi connectivity index (χ0) is 18.1. The second-order valence-corrected chi connectivity index (χ2v) is 5.46. The smallest absolute Gasteiger partial charge is 0.307 e. The van der Waals surface area contributed by atoms with Gasteiger partial charge in [0.2, 0.25) is 5.91 Å². The molecule has 0 radical (unpaired) electrons. The van der Waals surface area contributed by atoms with Crippen molar-refractivity contribution in [3.63, 3.8) is 0 Å². The van der Waals surface area contributed by atoms with Gasteiger partial charge in [-0.3, -0.25) is 14.4 Å². The van der Waals surface area contributed by atoms with Gasteiger partial charge in [-0.05, 0) is 18.6 Å². The van der Waals surface area contributed by atoms with Gasteiger partial charge in [-0.2, -0.15) is 0 Å². The zero-order valence-corrected chi connectivity index (χ0v) is 14.4. The summed E-state index contributed by atoms with van der Waals surface area (Å²) in [4.78, 5) is 36.1. The zero-order valence-electron chi connectivity index (χ0n) is 13.6. The van der Waals surface area contributed by atoms with E-state index in [0.717, 1.165) is 6.07 Å². The number of benzene rings is 1. The summed E-state index contributed by atoms with van der Waals surface area (Å²) in [7, 11) is 1.25. The van der Waals surface area contributed by atoms with Crippen LogP contribution in [0, 0.1) is 5.82 Å². The third kappa shape index (κ3) is 6.16. The molecule has 0 saturated heterocycles. The molecule has 0 aliphatic rings. The molecule has 0 saturated carbocycles. The molecular weight excluding hydrogens is 339 g/mol. The summed E-state index contributed by atoms with van der Waals surface area (Å²) in [6, 6.07) is 3.98. The summed E-state index contributed by atoms with van der Waals surface area (Å²) in [6.07, 6.45) is 0.438. The fourth-order valence-corrected chi connectivity index (χ4v) is 2.28. The number of nitrogens with zero attached hydrogens (tertiary/aromatic N) is 1. The summed E-state index contributed by atoms with van der Waals surface area (Å²) in [5, 5.41) is 2.61. The molecule has 0 heterocycles. The standard InChI is InChI=1S/C16H20ClFN2O4/c1-11(21)19-8-4-9-20(10-7-14(22)24-2)16(23)15-12(17)5-3-6-13(15)18/h3,5-6H,4,7-10H2,1-2H3,(H,19,21). The molecule has 0 aromatic heterocycles. The quantitative estimate of drug-likeness (QED) is 0.569. The molecule has 1 aromatic carbocycles. The third-order valence-corrected chi connectivity index (χ3v) is 3.57. The van der Waals surface area contributed by atoms with Gasteiger partial charge in [-0.25, -0.2) is 4.39 Å². The molecule has 8 heteroatoms. The molecule has 0 aliphatic carbocycles. The van der Waals surface area contributed by atoms with Gasteiger partial charge in [-0.15, -0.1) is 0 Å². The van der Waals surface area contributed by atoms with Gasteiger partial charge in [0, 0.05) is 26.6 Å². The van der Waals surface area contributed by atoms with Crippen molar-refractivity contribution < 1.29 is 23.5 Å². The number of hydrogen-bond donors (Lipinski definition) is 1. The Bertz CT molecular complexity index is 589. The molecule has 0 aliphatic heterocycles. The van der Waals surface area contributed by atoms with Crippen LogP contribution in [0.2, 0.25) is 5.02 Å². The molecule has 1 aromatic rings. The number of rotatable bonds is 8. The second-order valence-electron chi connectivity index (χ2n) is 5.05. The van der Waals surface area contributed by atoms with E-state index in [1.54, 1.807) is 0 Å². The van der Waals surface area contributed by atoms with Gasteiger partial charge in [0.25, 0.3) is 5.91 Å². The minimum absolute atomic E-state index is 0.00456. The maximum absolute atomic E-state index is 13.9. The van der Waals surface area contributed by atoms with Crippen LogP contribution in [0.5, 0.6) is 0 Å². The van der Waals surface area contributed by atoms with Crippen molar-refractivity contribution in [3.8, 4) is 0 Å². The summed E-state index contributed by atoms with van der Waals surface area (Å²) >= 11 is 5.93. The van der Waals surface area contributed by atoms with E-state index in [4.69, 9.17) is 11.6 Å². The van der Waals surface area contributed by atoms with Gasteiger partial charge in [0.1, 0.15) is 5.82 Å². The number of carbonyl (C=O) groups excluding carboxylic acids is 3.